The molecule has 34 heavy (non-hydrogen) atoms. The van der Waals surface area contributed by atoms with Crippen LogP contribution in [0.2, 0.25) is 0 Å². The van der Waals surface area contributed by atoms with Crippen molar-refractivity contribution in [3.05, 3.63) is 47.2 Å². The number of aliphatic imine (C=N–C) groups is 1. The molecule has 0 fully saturated rings. The van der Waals surface area contributed by atoms with Crippen molar-refractivity contribution >= 4 is 28.5 Å². The highest BCUT2D eigenvalue weighted by molar-refractivity contribution is 8.15. The molecule has 8 nitrogen and oxygen atoms in total. The van der Waals surface area contributed by atoms with Gasteiger partial charge in [0.25, 0.3) is 5.91 Å². The Morgan fingerprint density at radius 1 is 1.35 bits per heavy atom. The zero-order valence-corrected chi connectivity index (χ0v) is 20.6. The maximum Gasteiger partial charge on any atom is 0.275 e. The number of nitrogens with two attached hydrogens (primary N) is 1. The standard InChI is InChI=1S/C24H28FN5O3S/c1-7-8-33-19-12-27-18(11-28-19)21(31)29-16-9-14(2)20(25)17(10-16)24(5)15(3)23(4,13-32-6)34-22(26)30-24/h1,9-12,15H,8,13H2,2-6H3,(H2,26,30)(H,29,31)/t15-,23-,24+/m1/s1. The van der Waals surface area contributed by atoms with Crippen LogP contribution in [0, 0.1) is 31.0 Å². The summed E-state index contributed by atoms with van der Waals surface area (Å²) in [6, 6.07) is 3.15. The lowest BCUT2D eigenvalue weighted by Gasteiger charge is -2.47. The zero-order chi connectivity index (χ0) is 25.1. The number of benzene rings is 1. The van der Waals surface area contributed by atoms with E-state index in [0.717, 1.165) is 0 Å². The van der Waals surface area contributed by atoms with Crippen LogP contribution in [-0.4, -0.2) is 46.1 Å². The van der Waals surface area contributed by atoms with E-state index in [2.05, 4.69) is 26.2 Å². The van der Waals surface area contributed by atoms with Gasteiger partial charge in [0.05, 0.1) is 24.5 Å². The molecular formula is C24H28FN5O3S. The smallest absolute Gasteiger partial charge is 0.275 e. The molecule has 1 aliphatic heterocycles. The Morgan fingerprint density at radius 3 is 2.71 bits per heavy atom. The molecule has 0 aliphatic carbocycles. The number of thioether (sulfide) groups is 1. The molecule has 1 amide bonds. The maximum absolute atomic E-state index is 15.4. The molecular weight excluding hydrogens is 457 g/mol. The molecule has 0 radical (unpaired) electrons. The second-order valence-corrected chi connectivity index (χ2v) is 10.1. The van der Waals surface area contributed by atoms with Gasteiger partial charge in [0.2, 0.25) is 5.88 Å². The molecule has 3 N–H and O–H groups in total. The first kappa shape index (κ1) is 25.5. The molecule has 1 aromatic carbocycles. The first-order valence-electron chi connectivity index (χ1n) is 10.6. The SMILES string of the molecule is C#CCOc1cnc(C(=O)Nc2cc(C)c(F)c([C@@]3(C)N=C(N)S[C@](C)(COC)[C@H]3C)c2)cn1. The van der Waals surface area contributed by atoms with E-state index in [1.165, 1.54) is 24.2 Å². The van der Waals surface area contributed by atoms with Crippen LogP contribution in [0.3, 0.4) is 0 Å². The van der Waals surface area contributed by atoms with Crippen LogP contribution in [0.15, 0.2) is 29.5 Å². The molecule has 0 saturated heterocycles. The third-order valence-electron chi connectivity index (χ3n) is 6.09. The number of ether oxygens (including phenoxy) is 2. The molecule has 0 saturated carbocycles. The number of nitrogens with zero attached hydrogens (tertiary/aromatic N) is 3. The number of nitrogens with one attached hydrogen (secondary N) is 1. The van der Waals surface area contributed by atoms with Gasteiger partial charge in [-0.05, 0) is 38.5 Å². The number of rotatable bonds is 7. The van der Waals surface area contributed by atoms with Crippen molar-refractivity contribution in [3.8, 4) is 18.2 Å². The number of amidine groups is 1. The Kier molecular flexibility index (Phi) is 7.48. The molecule has 1 aromatic heterocycles. The summed E-state index contributed by atoms with van der Waals surface area (Å²) < 4.78 is 25.6. The van der Waals surface area contributed by atoms with Gasteiger partial charge in [0.15, 0.2) is 11.8 Å². The number of terminal acetylenes is 1. The molecule has 3 rings (SSSR count). The van der Waals surface area contributed by atoms with E-state index in [9.17, 15) is 4.79 Å². The van der Waals surface area contributed by atoms with Crippen LogP contribution < -0.4 is 15.8 Å². The van der Waals surface area contributed by atoms with Gasteiger partial charge in [-0.15, -0.1) is 6.42 Å². The molecule has 2 heterocycles. The largest absolute Gasteiger partial charge is 0.463 e. The Bertz CT molecular complexity index is 1150. The van der Waals surface area contributed by atoms with Gasteiger partial charge in [-0.1, -0.05) is 24.6 Å². The van der Waals surface area contributed by atoms with Crippen molar-refractivity contribution in [1.29, 1.82) is 0 Å². The highest BCUT2D eigenvalue weighted by Gasteiger charge is 2.50. The van der Waals surface area contributed by atoms with Crippen molar-refractivity contribution in [3.63, 3.8) is 0 Å². The number of methoxy groups -OCH3 is 1. The van der Waals surface area contributed by atoms with Crippen molar-refractivity contribution in [1.82, 2.24) is 9.97 Å². The minimum Gasteiger partial charge on any atom is -0.463 e. The number of carbonyl (C=O) groups excluding carboxylic acids is 1. The minimum absolute atomic E-state index is 0.0456. The minimum atomic E-state index is -0.978. The number of amides is 1. The van der Waals surface area contributed by atoms with E-state index in [1.807, 2.05) is 20.8 Å². The molecule has 180 valence electrons. The Labute approximate surface area is 202 Å². The lowest BCUT2D eigenvalue weighted by Crippen LogP contribution is -2.50. The van der Waals surface area contributed by atoms with Gasteiger partial charge in [-0.2, -0.15) is 0 Å². The monoisotopic (exact) mass is 485 g/mol. The lowest BCUT2D eigenvalue weighted by molar-refractivity contribution is 0.102. The number of aryl methyl sites for hydroxylation is 1. The Balaban J connectivity index is 1.94. The second-order valence-electron chi connectivity index (χ2n) is 8.51. The molecule has 0 unspecified atom stereocenters. The average molecular weight is 486 g/mol. The number of anilines is 1. The quantitative estimate of drug-likeness (QED) is 0.577. The van der Waals surface area contributed by atoms with Gasteiger partial charge in [-0.25, -0.2) is 14.4 Å². The summed E-state index contributed by atoms with van der Waals surface area (Å²) in [6.07, 6.45) is 7.74. The number of hydrogen-bond acceptors (Lipinski definition) is 8. The molecule has 0 bridgehead atoms. The van der Waals surface area contributed by atoms with Crippen molar-refractivity contribution in [2.24, 2.45) is 16.6 Å². The predicted molar refractivity (Wildman–Crippen MR) is 131 cm³/mol. The van der Waals surface area contributed by atoms with Crippen LogP contribution in [0.4, 0.5) is 10.1 Å². The summed E-state index contributed by atoms with van der Waals surface area (Å²) in [5.74, 6) is 1.49. The average Bonchev–Trinajstić information content (AvgIpc) is 2.78. The van der Waals surface area contributed by atoms with E-state index < -0.39 is 22.0 Å². The van der Waals surface area contributed by atoms with Gasteiger partial charge in [0, 0.05) is 29.0 Å². The first-order chi connectivity index (χ1) is 16.0. The number of carbonyl (C=O) groups is 1. The van der Waals surface area contributed by atoms with E-state index in [0.29, 0.717) is 28.6 Å². The molecule has 2 aromatic rings. The Hall–Kier alpha value is -3.16. The van der Waals surface area contributed by atoms with Crippen LogP contribution in [0.5, 0.6) is 5.88 Å². The molecule has 0 spiro atoms. The summed E-state index contributed by atoms with van der Waals surface area (Å²) >= 11 is 1.42. The Morgan fingerprint density at radius 2 is 2.09 bits per heavy atom. The van der Waals surface area contributed by atoms with Crippen LogP contribution in [0.25, 0.3) is 0 Å². The van der Waals surface area contributed by atoms with Gasteiger partial charge in [0.1, 0.15) is 11.5 Å². The van der Waals surface area contributed by atoms with E-state index >= 15 is 4.39 Å². The predicted octanol–water partition coefficient (Wildman–Crippen LogP) is 3.51. The fourth-order valence-electron chi connectivity index (χ4n) is 4.03. The lowest BCUT2D eigenvalue weighted by atomic mass is 9.73. The summed E-state index contributed by atoms with van der Waals surface area (Å²) in [7, 11) is 1.62. The molecule has 3 atom stereocenters. The van der Waals surface area contributed by atoms with Crippen LogP contribution >= 0.6 is 11.8 Å². The fourth-order valence-corrected chi connectivity index (χ4v) is 5.33. The zero-order valence-electron chi connectivity index (χ0n) is 19.8. The number of hydrogen-bond donors (Lipinski definition) is 2. The van der Waals surface area contributed by atoms with Gasteiger partial charge < -0.3 is 20.5 Å². The van der Waals surface area contributed by atoms with E-state index in [-0.39, 0.29) is 24.1 Å². The summed E-state index contributed by atoms with van der Waals surface area (Å²) in [5.41, 5.74) is 6.37. The van der Waals surface area contributed by atoms with E-state index in [1.54, 1.807) is 26.2 Å². The van der Waals surface area contributed by atoms with Crippen LogP contribution in [0.1, 0.15) is 42.4 Å². The topological polar surface area (TPSA) is 112 Å². The summed E-state index contributed by atoms with van der Waals surface area (Å²) in [5, 5.41) is 3.12. The van der Waals surface area contributed by atoms with Crippen molar-refractivity contribution < 1.29 is 18.7 Å². The summed E-state index contributed by atoms with van der Waals surface area (Å²) in [6.45, 7) is 7.98. The fraction of sp³-hybridized carbons (Fsp3) is 0.417. The van der Waals surface area contributed by atoms with Crippen molar-refractivity contribution in [2.75, 3.05) is 25.6 Å². The van der Waals surface area contributed by atoms with Crippen LogP contribution in [-0.2, 0) is 10.3 Å². The third kappa shape index (κ3) is 5.00. The number of halogens is 1. The van der Waals surface area contributed by atoms with E-state index in [4.69, 9.17) is 21.6 Å². The highest BCUT2D eigenvalue weighted by atomic mass is 32.2. The summed E-state index contributed by atoms with van der Waals surface area (Å²) in [4.78, 5) is 25.5. The van der Waals surface area contributed by atoms with Crippen molar-refractivity contribution in [2.45, 2.75) is 38.0 Å². The first-order valence-corrected chi connectivity index (χ1v) is 11.4. The number of aromatic nitrogens is 2. The van der Waals surface area contributed by atoms with Gasteiger partial charge >= 0.3 is 0 Å². The third-order valence-corrected chi connectivity index (χ3v) is 7.33. The second kappa shape index (κ2) is 9.99. The normalized spacial score (nSPS) is 24.1. The van der Waals surface area contributed by atoms with Gasteiger partial charge in [-0.3, -0.25) is 9.79 Å². The highest BCUT2D eigenvalue weighted by Crippen LogP contribution is 2.50. The maximum atomic E-state index is 15.4. The molecule has 1 aliphatic rings. The molecule has 10 heteroatoms.